The topological polar surface area (TPSA) is 12.4 Å². The van der Waals surface area contributed by atoms with Crippen molar-refractivity contribution in [2.24, 2.45) is 4.99 Å². The Morgan fingerprint density at radius 2 is 1.46 bits per heavy atom. The predicted octanol–water partition coefficient (Wildman–Crippen LogP) is 4.61. The summed E-state index contributed by atoms with van der Waals surface area (Å²) in [6.45, 7) is 17.5. The minimum atomic E-state index is 1.00. The Kier molecular flexibility index (Phi) is 24.0. The second kappa shape index (κ2) is 17.3. The first-order valence-corrected chi connectivity index (χ1v) is 4.99. The third-order valence-electron chi connectivity index (χ3n) is 0.788. The van der Waals surface area contributed by atoms with Gasteiger partial charge in [0.2, 0.25) is 0 Å². The third-order valence-corrected chi connectivity index (χ3v) is 0.788. The zero-order chi connectivity index (χ0) is 11.3. The Labute approximate surface area is 84.3 Å². The van der Waals surface area contributed by atoms with Crippen LogP contribution in [0.25, 0.3) is 0 Å². The van der Waals surface area contributed by atoms with Gasteiger partial charge in [0, 0.05) is 11.9 Å². The van der Waals surface area contributed by atoms with Crippen molar-refractivity contribution in [2.45, 2.75) is 48.5 Å². The highest BCUT2D eigenvalue weighted by Crippen LogP contribution is 1.98. The van der Waals surface area contributed by atoms with E-state index in [2.05, 4.69) is 11.6 Å². The number of rotatable bonds is 2. The molecule has 0 aliphatic rings. The lowest BCUT2D eigenvalue weighted by atomic mass is 10.3. The molecule has 13 heavy (non-hydrogen) atoms. The van der Waals surface area contributed by atoms with E-state index >= 15 is 0 Å². The molecule has 0 rings (SSSR count). The molecule has 0 amide bonds. The van der Waals surface area contributed by atoms with Crippen molar-refractivity contribution in [3.8, 4) is 0 Å². The first-order valence-electron chi connectivity index (χ1n) is 4.99. The molecule has 0 atom stereocenters. The van der Waals surface area contributed by atoms with E-state index in [9.17, 15) is 0 Å². The van der Waals surface area contributed by atoms with E-state index in [1.807, 2.05) is 54.5 Å². The van der Waals surface area contributed by atoms with Crippen LogP contribution in [-0.2, 0) is 0 Å². The molecule has 0 bridgehead atoms. The second-order valence-corrected chi connectivity index (χ2v) is 2.02. The molecule has 0 aliphatic heterocycles. The molecule has 0 aromatic heterocycles. The summed E-state index contributed by atoms with van der Waals surface area (Å²) >= 11 is 0. The number of allylic oxidation sites excluding steroid dienone is 3. The van der Waals surface area contributed by atoms with Gasteiger partial charge in [0.05, 0.1) is 0 Å². The lowest BCUT2D eigenvalue weighted by Crippen LogP contribution is -1.70. The zero-order valence-corrected chi connectivity index (χ0v) is 10.3. The minimum absolute atomic E-state index is 1.00. The quantitative estimate of drug-likeness (QED) is 0.438. The molecular weight excluding hydrogens is 158 g/mol. The maximum Gasteiger partial charge on any atom is 0.0371 e. The second-order valence-electron chi connectivity index (χ2n) is 2.02. The van der Waals surface area contributed by atoms with Crippen LogP contribution in [0, 0.1) is 0 Å². The van der Waals surface area contributed by atoms with Crippen LogP contribution in [-0.4, -0.2) is 6.21 Å². The molecule has 0 saturated heterocycles. The van der Waals surface area contributed by atoms with Crippen LogP contribution in [0.2, 0.25) is 0 Å². The summed E-state index contributed by atoms with van der Waals surface area (Å²) in [5.41, 5.74) is 2.04. The van der Waals surface area contributed by atoms with Crippen LogP contribution in [0.1, 0.15) is 48.5 Å². The highest BCUT2D eigenvalue weighted by Gasteiger charge is 1.79. The molecule has 0 saturated carbocycles. The van der Waals surface area contributed by atoms with Crippen LogP contribution in [0.3, 0.4) is 0 Å². The molecule has 0 aliphatic carbocycles. The Balaban J connectivity index is -0.000000218. The smallest absolute Gasteiger partial charge is 0.0371 e. The molecule has 0 radical (unpaired) electrons. The summed E-state index contributed by atoms with van der Waals surface area (Å²) in [7, 11) is 0. The maximum atomic E-state index is 4.04. The van der Waals surface area contributed by atoms with Gasteiger partial charge in [-0.1, -0.05) is 39.8 Å². The van der Waals surface area contributed by atoms with E-state index in [0.29, 0.717) is 0 Å². The van der Waals surface area contributed by atoms with E-state index in [0.717, 1.165) is 11.3 Å². The van der Waals surface area contributed by atoms with Crippen LogP contribution in [0.5, 0.6) is 0 Å². The van der Waals surface area contributed by atoms with Gasteiger partial charge in [-0.3, -0.25) is 4.99 Å². The van der Waals surface area contributed by atoms with Gasteiger partial charge < -0.3 is 0 Å². The van der Waals surface area contributed by atoms with Gasteiger partial charge in [-0.2, -0.15) is 0 Å². The van der Waals surface area contributed by atoms with Crippen molar-refractivity contribution in [2.75, 3.05) is 0 Å². The molecule has 0 aromatic carbocycles. The monoisotopic (exact) mass is 183 g/mol. The molecule has 0 spiro atoms. The Hall–Kier alpha value is -0.850. The Bertz CT molecular complexity index is 153. The first kappa shape index (κ1) is 18.0. The van der Waals surface area contributed by atoms with Gasteiger partial charge in [0.15, 0.2) is 0 Å². The van der Waals surface area contributed by atoms with Crippen LogP contribution in [0.4, 0.5) is 0 Å². The fourth-order valence-electron chi connectivity index (χ4n) is 0.597. The lowest BCUT2D eigenvalue weighted by molar-refractivity contribution is 1.29. The molecule has 0 N–H and O–H groups in total. The van der Waals surface area contributed by atoms with Gasteiger partial charge >= 0.3 is 0 Å². The Morgan fingerprint density at radius 3 is 1.69 bits per heavy atom. The molecule has 78 valence electrons. The molecule has 0 unspecified atom stereocenters. The van der Waals surface area contributed by atoms with Crippen molar-refractivity contribution < 1.29 is 0 Å². The van der Waals surface area contributed by atoms with Crippen molar-refractivity contribution in [1.82, 2.24) is 0 Å². The first-order chi connectivity index (χ1) is 6.16. The molecule has 1 heteroatoms. The number of hydrogen-bond donors (Lipinski definition) is 0. The highest BCUT2D eigenvalue weighted by molar-refractivity contribution is 5.55. The maximum absolute atomic E-state index is 4.04. The number of hydrogen-bond acceptors (Lipinski definition) is 1. The number of nitrogens with zero attached hydrogens (tertiary/aromatic N) is 1. The fraction of sp³-hybridized carbons (Fsp3) is 0.583. The van der Waals surface area contributed by atoms with Gasteiger partial charge in [-0.25, -0.2) is 0 Å². The Morgan fingerprint density at radius 1 is 1.08 bits per heavy atom. The van der Waals surface area contributed by atoms with Gasteiger partial charge in [-0.15, -0.1) is 0 Å². The molecule has 0 heterocycles. The summed E-state index contributed by atoms with van der Waals surface area (Å²) in [6, 6.07) is 0. The zero-order valence-electron chi connectivity index (χ0n) is 10.3. The molecule has 0 fully saturated rings. The predicted molar refractivity (Wildman–Crippen MR) is 65.4 cm³/mol. The minimum Gasteiger partial charge on any atom is -0.266 e. The SMILES string of the molecule is C=C(C)/C=C(/C)N=CC.CC.CC. The van der Waals surface area contributed by atoms with E-state index in [-0.39, 0.29) is 0 Å². The standard InChI is InChI=1S/C8H13N.2C2H6/c1-5-9-8(4)6-7(2)3;2*1-2/h5-6H,2H2,1,3-4H3;2*1-2H3/b8-6-,9-5?;;. The van der Waals surface area contributed by atoms with Gasteiger partial charge in [0.1, 0.15) is 0 Å². The average Bonchev–Trinajstić information content (AvgIpc) is 2.10. The third kappa shape index (κ3) is 24.7. The average molecular weight is 183 g/mol. The molecular formula is C12H25N. The van der Waals surface area contributed by atoms with E-state index < -0.39 is 0 Å². The highest BCUT2D eigenvalue weighted by atomic mass is 14.7. The number of aliphatic imine (C=N–C) groups is 1. The van der Waals surface area contributed by atoms with E-state index in [1.54, 1.807) is 6.21 Å². The van der Waals surface area contributed by atoms with Crippen molar-refractivity contribution in [3.05, 3.63) is 23.9 Å². The van der Waals surface area contributed by atoms with Crippen LogP contribution < -0.4 is 0 Å². The molecule has 0 aromatic rings. The van der Waals surface area contributed by atoms with Crippen molar-refractivity contribution in [3.63, 3.8) is 0 Å². The molecule has 1 nitrogen and oxygen atoms in total. The van der Waals surface area contributed by atoms with Crippen LogP contribution >= 0.6 is 0 Å². The van der Waals surface area contributed by atoms with E-state index in [4.69, 9.17) is 0 Å². The summed E-state index contributed by atoms with van der Waals surface area (Å²) in [5.74, 6) is 0. The lowest BCUT2D eigenvalue weighted by Gasteiger charge is -1.88. The van der Waals surface area contributed by atoms with Gasteiger partial charge in [-0.05, 0) is 26.8 Å². The van der Waals surface area contributed by atoms with Crippen LogP contribution in [0.15, 0.2) is 28.9 Å². The van der Waals surface area contributed by atoms with Gasteiger partial charge in [0.25, 0.3) is 0 Å². The summed E-state index contributed by atoms with van der Waals surface area (Å²) in [4.78, 5) is 4.04. The normalized spacial score (nSPS) is 9.62. The largest absolute Gasteiger partial charge is 0.266 e. The summed E-state index contributed by atoms with van der Waals surface area (Å²) in [5, 5.41) is 0. The summed E-state index contributed by atoms with van der Waals surface area (Å²) < 4.78 is 0. The van der Waals surface area contributed by atoms with E-state index in [1.165, 1.54) is 0 Å². The van der Waals surface area contributed by atoms with Crippen molar-refractivity contribution >= 4 is 6.21 Å². The van der Waals surface area contributed by atoms with Crippen molar-refractivity contribution in [1.29, 1.82) is 0 Å². The fourth-order valence-corrected chi connectivity index (χ4v) is 0.597. The summed E-state index contributed by atoms with van der Waals surface area (Å²) in [6.07, 6.45) is 3.72.